The molecule has 1 aliphatic rings. The van der Waals surface area contributed by atoms with Crippen LogP contribution < -0.4 is 11.2 Å². The van der Waals surface area contributed by atoms with E-state index in [0.717, 1.165) is 15.8 Å². The molecule has 0 spiro atoms. The van der Waals surface area contributed by atoms with E-state index in [2.05, 4.69) is 10.1 Å². The SMILES string of the molecule is Cn1c(=O)c2c(nc(Cl)n2CC(=O)N2CCC(c3ccccc3)=N2)n(C)c1=O. The number of amides is 1. The molecule has 10 heteroatoms. The van der Waals surface area contributed by atoms with Gasteiger partial charge >= 0.3 is 5.69 Å². The molecule has 0 saturated carbocycles. The van der Waals surface area contributed by atoms with Gasteiger partial charge in [-0.1, -0.05) is 30.3 Å². The maximum Gasteiger partial charge on any atom is 0.332 e. The quantitative estimate of drug-likeness (QED) is 0.605. The van der Waals surface area contributed by atoms with Gasteiger partial charge in [-0.2, -0.15) is 10.1 Å². The molecule has 1 aliphatic heterocycles. The van der Waals surface area contributed by atoms with Crippen molar-refractivity contribution in [2.75, 3.05) is 6.54 Å². The van der Waals surface area contributed by atoms with E-state index in [1.54, 1.807) is 0 Å². The lowest BCUT2D eigenvalue weighted by Gasteiger charge is -2.13. The Balaban J connectivity index is 1.69. The number of benzene rings is 1. The number of aryl methyl sites for hydroxylation is 1. The number of aromatic nitrogens is 4. The third-order valence-electron chi connectivity index (χ3n) is 4.79. The van der Waals surface area contributed by atoms with Crippen molar-refractivity contribution in [1.29, 1.82) is 0 Å². The first-order chi connectivity index (χ1) is 13.4. The summed E-state index contributed by atoms with van der Waals surface area (Å²) in [6.45, 7) is 0.248. The number of nitrogens with zero attached hydrogens (tertiary/aromatic N) is 6. The number of carbonyl (C=O) groups is 1. The van der Waals surface area contributed by atoms with Crippen LogP contribution in [0.2, 0.25) is 5.28 Å². The number of rotatable bonds is 3. The van der Waals surface area contributed by atoms with E-state index in [0.29, 0.717) is 13.0 Å². The summed E-state index contributed by atoms with van der Waals surface area (Å²) in [6, 6.07) is 9.63. The Morgan fingerprint density at radius 3 is 2.57 bits per heavy atom. The van der Waals surface area contributed by atoms with Gasteiger partial charge in [0.1, 0.15) is 6.54 Å². The zero-order chi connectivity index (χ0) is 20.0. The monoisotopic (exact) mass is 400 g/mol. The number of imidazole rings is 1. The zero-order valence-electron chi connectivity index (χ0n) is 15.3. The van der Waals surface area contributed by atoms with Crippen molar-refractivity contribution in [3.63, 3.8) is 0 Å². The van der Waals surface area contributed by atoms with Crippen molar-refractivity contribution in [1.82, 2.24) is 23.7 Å². The first kappa shape index (κ1) is 18.2. The third kappa shape index (κ3) is 2.84. The number of hydrogen-bond acceptors (Lipinski definition) is 5. The summed E-state index contributed by atoms with van der Waals surface area (Å²) in [5.41, 5.74) is 0.971. The molecule has 1 amide bonds. The lowest BCUT2D eigenvalue weighted by Crippen LogP contribution is -2.38. The number of hydrazone groups is 1. The van der Waals surface area contributed by atoms with Gasteiger partial charge in [0.15, 0.2) is 11.2 Å². The second-order valence-corrected chi connectivity index (χ2v) is 6.86. The highest BCUT2D eigenvalue weighted by Gasteiger charge is 2.25. The molecule has 0 N–H and O–H groups in total. The maximum absolute atomic E-state index is 12.8. The van der Waals surface area contributed by atoms with Gasteiger partial charge in [0.2, 0.25) is 5.28 Å². The number of carbonyl (C=O) groups excluding carboxylic acids is 1. The minimum atomic E-state index is -0.555. The summed E-state index contributed by atoms with van der Waals surface area (Å²) < 4.78 is 3.50. The second-order valence-electron chi connectivity index (χ2n) is 6.52. The van der Waals surface area contributed by atoms with E-state index < -0.39 is 11.2 Å². The minimum Gasteiger partial charge on any atom is -0.299 e. The smallest absolute Gasteiger partial charge is 0.299 e. The van der Waals surface area contributed by atoms with E-state index in [4.69, 9.17) is 11.6 Å². The Morgan fingerprint density at radius 2 is 1.86 bits per heavy atom. The lowest BCUT2D eigenvalue weighted by molar-refractivity contribution is -0.131. The molecule has 0 fully saturated rings. The fourth-order valence-electron chi connectivity index (χ4n) is 3.25. The standard InChI is InChI=1S/C18H17ClN6O3/c1-22-15-14(16(27)23(2)18(22)28)24(17(19)20-15)10-13(26)25-9-8-12(21-25)11-6-4-3-5-7-11/h3-7H,8-10H2,1-2H3. The highest BCUT2D eigenvalue weighted by atomic mass is 35.5. The Hall–Kier alpha value is -3.20. The molecule has 2 aromatic heterocycles. The normalized spacial score (nSPS) is 14.0. The lowest BCUT2D eigenvalue weighted by atomic mass is 10.1. The molecule has 0 aliphatic carbocycles. The summed E-state index contributed by atoms with van der Waals surface area (Å²) >= 11 is 6.17. The molecule has 0 radical (unpaired) electrons. The highest BCUT2D eigenvalue weighted by molar-refractivity contribution is 6.29. The molecular weight excluding hydrogens is 384 g/mol. The van der Waals surface area contributed by atoms with E-state index in [1.165, 1.54) is 28.2 Å². The van der Waals surface area contributed by atoms with Gasteiger partial charge in [0.05, 0.1) is 12.3 Å². The maximum atomic E-state index is 12.8. The first-order valence-corrected chi connectivity index (χ1v) is 9.01. The van der Waals surface area contributed by atoms with Crippen molar-refractivity contribution >= 4 is 34.4 Å². The Labute approximate surface area is 164 Å². The summed E-state index contributed by atoms with van der Waals surface area (Å²) in [4.78, 5) is 41.5. The fourth-order valence-corrected chi connectivity index (χ4v) is 3.48. The van der Waals surface area contributed by atoms with Crippen LogP contribution in [-0.4, -0.2) is 41.9 Å². The van der Waals surface area contributed by atoms with Crippen LogP contribution in [0.4, 0.5) is 0 Å². The molecule has 9 nitrogen and oxygen atoms in total. The first-order valence-electron chi connectivity index (χ1n) is 8.63. The topological polar surface area (TPSA) is 94.5 Å². The molecule has 4 rings (SSSR count). The highest BCUT2D eigenvalue weighted by Crippen LogP contribution is 2.18. The van der Waals surface area contributed by atoms with Crippen molar-refractivity contribution in [3.05, 3.63) is 62.0 Å². The van der Waals surface area contributed by atoms with Crippen molar-refractivity contribution in [2.45, 2.75) is 13.0 Å². The Morgan fingerprint density at radius 1 is 1.14 bits per heavy atom. The molecule has 1 aromatic carbocycles. The number of fused-ring (bicyclic) bond motifs is 1. The average Bonchev–Trinajstić information content (AvgIpc) is 3.31. The van der Waals surface area contributed by atoms with E-state index >= 15 is 0 Å². The van der Waals surface area contributed by atoms with Crippen molar-refractivity contribution < 1.29 is 4.79 Å². The zero-order valence-corrected chi connectivity index (χ0v) is 16.0. The van der Waals surface area contributed by atoms with Crippen molar-refractivity contribution in [2.24, 2.45) is 19.2 Å². The van der Waals surface area contributed by atoms with Crippen LogP contribution in [0.1, 0.15) is 12.0 Å². The van der Waals surface area contributed by atoms with E-state index in [1.807, 2.05) is 30.3 Å². The van der Waals surface area contributed by atoms with E-state index in [-0.39, 0.29) is 28.9 Å². The van der Waals surface area contributed by atoms with Gasteiger partial charge in [-0.3, -0.25) is 23.3 Å². The van der Waals surface area contributed by atoms with Gasteiger partial charge in [-0.05, 0) is 17.2 Å². The largest absolute Gasteiger partial charge is 0.332 e. The molecule has 0 bridgehead atoms. The van der Waals surface area contributed by atoms with Gasteiger partial charge in [-0.15, -0.1) is 0 Å². The van der Waals surface area contributed by atoms with Crippen molar-refractivity contribution in [3.8, 4) is 0 Å². The van der Waals surface area contributed by atoms with Crippen LogP contribution in [0, 0.1) is 0 Å². The average molecular weight is 401 g/mol. The summed E-state index contributed by atoms with van der Waals surface area (Å²) in [5.74, 6) is -0.317. The molecule has 28 heavy (non-hydrogen) atoms. The van der Waals surface area contributed by atoms with Gasteiger partial charge in [-0.25, -0.2) is 9.80 Å². The van der Waals surface area contributed by atoms with Crippen LogP contribution in [0.5, 0.6) is 0 Å². The second kappa shape index (κ2) is 6.75. The summed E-state index contributed by atoms with van der Waals surface area (Å²) in [6.07, 6.45) is 0.643. The van der Waals surface area contributed by atoms with Crippen LogP contribution in [0.15, 0.2) is 45.0 Å². The Bertz CT molecular complexity index is 1240. The molecule has 0 saturated heterocycles. The van der Waals surface area contributed by atoms with Gasteiger partial charge < -0.3 is 0 Å². The summed E-state index contributed by atoms with van der Waals surface area (Å²) in [5, 5.41) is 5.74. The predicted molar refractivity (Wildman–Crippen MR) is 105 cm³/mol. The van der Waals surface area contributed by atoms with Crippen LogP contribution in [0.3, 0.4) is 0 Å². The molecule has 0 atom stereocenters. The molecular formula is C18H17ClN6O3. The minimum absolute atomic E-state index is 0.0342. The summed E-state index contributed by atoms with van der Waals surface area (Å²) in [7, 11) is 2.87. The predicted octanol–water partition coefficient (Wildman–Crippen LogP) is 0.724. The van der Waals surface area contributed by atoms with Crippen LogP contribution >= 0.6 is 11.6 Å². The van der Waals surface area contributed by atoms with E-state index in [9.17, 15) is 14.4 Å². The number of hydrogen-bond donors (Lipinski definition) is 0. The Kier molecular flexibility index (Phi) is 4.38. The van der Waals surface area contributed by atoms with Crippen LogP contribution in [0.25, 0.3) is 11.2 Å². The molecule has 144 valence electrons. The third-order valence-corrected chi connectivity index (χ3v) is 5.08. The molecule has 3 heterocycles. The van der Waals surface area contributed by atoms with Crippen LogP contribution in [-0.2, 0) is 25.4 Å². The fraction of sp³-hybridized carbons (Fsp3) is 0.278. The van der Waals surface area contributed by atoms with Gasteiger partial charge in [0, 0.05) is 20.5 Å². The molecule has 0 unspecified atom stereocenters. The number of halogens is 1. The molecule has 3 aromatic rings. The van der Waals surface area contributed by atoms with Gasteiger partial charge in [0.25, 0.3) is 11.5 Å².